The van der Waals surface area contributed by atoms with Gasteiger partial charge < -0.3 is 14.5 Å². The lowest BCUT2D eigenvalue weighted by molar-refractivity contribution is 0.0547. The largest absolute Gasteiger partial charge is 0.461 e. The molecule has 3 rings (SSSR count). The maximum Gasteiger partial charge on any atom is 0.134 e. The van der Waals surface area contributed by atoms with Crippen LogP contribution in [0.4, 0.5) is 0 Å². The van der Waals surface area contributed by atoms with Crippen LogP contribution in [0.5, 0.6) is 0 Å². The monoisotopic (exact) mass is 273 g/mol. The van der Waals surface area contributed by atoms with Gasteiger partial charge in [0.1, 0.15) is 11.3 Å². The number of furan rings is 1. The number of ether oxygens (including phenoxy) is 1. The molecule has 1 unspecified atom stereocenters. The normalized spacial score (nSPS) is 19.6. The van der Waals surface area contributed by atoms with Crippen molar-refractivity contribution in [1.29, 1.82) is 0 Å². The molecule has 108 valence electrons. The van der Waals surface area contributed by atoms with Crippen LogP contribution in [-0.2, 0) is 17.7 Å². The smallest absolute Gasteiger partial charge is 0.134 e. The molecule has 0 bridgehead atoms. The lowest BCUT2D eigenvalue weighted by atomic mass is 10.0. The summed E-state index contributed by atoms with van der Waals surface area (Å²) >= 11 is 0. The molecule has 2 heterocycles. The van der Waals surface area contributed by atoms with Gasteiger partial charge in [0, 0.05) is 37.1 Å². The summed E-state index contributed by atoms with van der Waals surface area (Å²) in [4.78, 5) is 0. The van der Waals surface area contributed by atoms with E-state index in [1.54, 1.807) is 0 Å². The van der Waals surface area contributed by atoms with Gasteiger partial charge in [-0.15, -0.1) is 0 Å². The molecule has 1 aliphatic heterocycles. The second kappa shape index (κ2) is 6.42. The summed E-state index contributed by atoms with van der Waals surface area (Å²) in [5.74, 6) is 1.77. The zero-order chi connectivity index (χ0) is 13.8. The Bertz CT molecular complexity index is 555. The Labute approximate surface area is 120 Å². The highest BCUT2D eigenvalue weighted by molar-refractivity contribution is 5.82. The highest BCUT2D eigenvalue weighted by Gasteiger charge is 2.15. The van der Waals surface area contributed by atoms with E-state index in [4.69, 9.17) is 9.15 Å². The fourth-order valence-corrected chi connectivity index (χ4v) is 3.00. The number of benzene rings is 1. The predicted octanol–water partition coefficient (Wildman–Crippen LogP) is 3.51. The molecular formula is C17H23NO2. The molecule has 1 aromatic heterocycles. The molecule has 3 nitrogen and oxygen atoms in total. The van der Waals surface area contributed by atoms with Crippen LogP contribution in [-0.4, -0.2) is 19.8 Å². The standard InChI is InChI=1S/C17H23NO2/c1-2-16-15(14-7-3-4-8-17(14)20-16)11-18-10-13-6-5-9-19-12-13/h3-4,7-8,13,18H,2,5-6,9-12H2,1H3. The van der Waals surface area contributed by atoms with Crippen molar-refractivity contribution in [3.8, 4) is 0 Å². The second-order valence-corrected chi connectivity index (χ2v) is 5.57. The lowest BCUT2D eigenvalue weighted by Gasteiger charge is -2.22. The number of aryl methyl sites for hydroxylation is 1. The average molecular weight is 273 g/mol. The van der Waals surface area contributed by atoms with Crippen molar-refractivity contribution in [3.05, 3.63) is 35.6 Å². The van der Waals surface area contributed by atoms with E-state index in [1.165, 1.54) is 23.8 Å². The Morgan fingerprint density at radius 2 is 2.20 bits per heavy atom. The van der Waals surface area contributed by atoms with Gasteiger partial charge in [-0.25, -0.2) is 0 Å². The molecule has 1 fully saturated rings. The molecule has 0 aliphatic carbocycles. The number of fused-ring (bicyclic) bond motifs is 1. The topological polar surface area (TPSA) is 34.4 Å². The lowest BCUT2D eigenvalue weighted by Crippen LogP contribution is -2.29. The highest BCUT2D eigenvalue weighted by Crippen LogP contribution is 2.26. The minimum absolute atomic E-state index is 0.659. The summed E-state index contributed by atoms with van der Waals surface area (Å²) in [6, 6.07) is 8.31. The molecule has 0 radical (unpaired) electrons. The fourth-order valence-electron chi connectivity index (χ4n) is 3.00. The summed E-state index contributed by atoms with van der Waals surface area (Å²) in [7, 11) is 0. The van der Waals surface area contributed by atoms with Crippen molar-refractivity contribution in [2.75, 3.05) is 19.8 Å². The minimum atomic E-state index is 0.659. The van der Waals surface area contributed by atoms with E-state index in [1.807, 2.05) is 12.1 Å². The second-order valence-electron chi connectivity index (χ2n) is 5.57. The molecule has 1 N–H and O–H groups in total. The quantitative estimate of drug-likeness (QED) is 0.905. The fraction of sp³-hybridized carbons (Fsp3) is 0.529. The van der Waals surface area contributed by atoms with Crippen LogP contribution in [0.3, 0.4) is 0 Å². The van der Waals surface area contributed by atoms with Crippen molar-refractivity contribution >= 4 is 11.0 Å². The van der Waals surface area contributed by atoms with Gasteiger partial charge in [0.25, 0.3) is 0 Å². The number of para-hydroxylation sites is 1. The Morgan fingerprint density at radius 3 is 3.00 bits per heavy atom. The zero-order valence-electron chi connectivity index (χ0n) is 12.2. The van der Waals surface area contributed by atoms with Gasteiger partial charge in [0.2, 0.25) is 0 Å². The predicted molar refractivity (Wildman–Crippen MR) is 80.8 cm³/mol. The van der Waals surface area contributed by atoms with Gasteiger partial charge in [0.05, 0.1) is 6.61 Å². The summed E-state index contributed by atoms with van der Waals surface area (Å²) in [5.41, 5.74) is 2.32. The first kappa shape index (κ1) is 13.7. The Balaban J connectivity index is 1.66. The van der Waals surface area contributed by atoms with E-state index in [-0.39, 0.29) is 0 Å². The first-order chi connectivity index (χ1) is 9.88. The van der Waals surface area contributed by atoms with Crippen molar-refractivity contribution in [2.45, 2.75) is 32.7 Å². The number of hydrogen-bond acceptors (Lipinski definition) is 3. The van der Waals surface area contributed by atoms with Gasteiger partial charge in [-0.2, -0.15) is 0 Å². The van der Waals surface area contributed by atoms with E-state index in [0.717, 1.165) is 44.1 Å². The third kappa shape index (κ3) is 2.89. The average Bonchev–Trinajstić information content (AvgIpc) is 2.87. The molecule has 0 saturated carbocycles. The molecule has 1 aromatic carbocycles. The summed E-state index contributed by atoms with van der Waals surface area (Å²) in [5, 5.41) is 4.83. The maximum absolute atomic E-state index is 5.93. The van der Waals surface area contributed by atoms with E-state index in [2.05, 4.69) is 24.4 Å². The van der Waals surface area contributed by atoms with E-state index in [0.29, 0.717) is 5.92 Å². The Kier molecular flexibility index (Phi) is 4.38. The first-order valence-corrected chi connectivity index (χ1v) is 7.66. The molecule has 1 atom stereocenters. The van der Waals surface area contributed by atoms with Gasteiger partial charge in [-0.1, -0.05) is 25.1 Å². The van der Waals surface area contributed by atoms with Crippen molar-refractivity contribution in [1.82, 2.24) is 5.32 Å². The van der Waals surface area contributed by atoms with Gasteiger partial charge >= 0.3 is 0 Å². The van der Waals surface area contributed by atoms with Crippen LogP contribution in [0.2, 0.25) is 0 Å². The molecule has 1 aliphatic rings. The Hall–Kier alpha value is -1.32. The third-order valence-electron chi connectivity index (χ3n) is 4.09. The zero-order valence-corrected chi connectivity index (χ0v) is 12.2. The first-order valence-electron chi connectivity index (χ1n) is 7.66. The maximum atomic E-state index is 5.93. The van der Waals surface area contributed by atoms with Crippen LogP contribution in [0.15, 0.2) is 28.7 Å². The third-order valence-corrected chi connectivity index (χ3v) is 4.09. The van der Waals surface area contributed by atoms with Gasteiger partial charge in [-0.05, 0) is 24.8 Å². The summed E-state index contributed by atoms with van der Waals surface area (Å²) < 4.78 is 11.5. The van der Waals surface area contributed by atoms with Crippen LogP contribution in [0.25, 0.3) is 11.0 Å². The van der Waals surface area contributed by atoms with Crippen LogP contribution >= 0.6 is 0 Å². The number of hydrogen-bond donors (Lipinski definition) is 1. The number of rotatable bonds is 5. The highest BCUT2D eigenvalue weighted by atomic mass is 16.5. The molecule has 0 amide bonds. The van der Waals surface area contributed by atoms with Crippen molar-refractivity contribution in [2.24, 2.45) is 5.92 Å². The molecule has 3 heteroatoms. The minimum Gasteiger partial charge on any atom is -0.461 e. The Morgan fingerprint density at radius 1 is 1.30 bits per heavy atom. The molecule has 20 heavy (non-hydrogen) atoms. The van der Waals surface area contributed by atoms with Crippen LogP contribution in [0, 0.1) is 5.92 Å². The SMILES string of the molecule is CCc1oc2ccccc2c1CNCC1CCCOC1. The van der Waals surface area contributed by atoms with Crippen LogP contribution < -0.4 is 5.32 Å². The van der Waals surface area contributed by atoms with E-state index in [9.17, 15) is 0 Å². The molecule has 0 spiro atoms. The van der Waals surface area contributed by atoms with Crippen molar-refractivity contribution < 1.29 is 9.15 Å². The molecule has 2 aromatic rings. The van der Waals surface area contributed by atoms with Gasteiger partial charge in [-0.3, -0.25) is 0 Å². The molecule has 1 saturated heterocycles. The van der Waals surface area contributed by atoms with Crippen molar-refractivity contribution in [3.63, 3.8) is 0 Å². The van der Waals surface area contributed by atoms with Gasteiger partial charge in [0.15, 0.2) is 0 Å². The molecular weight excluding hydrogens is 250 g/mol. The van der Waals surface area contributed by atoms with E-state index < -0.39 is 0 Å². The van der Waals surface area contributed by atoms with Crippen LogP contribution in [0.1, 0.15) is 31.1 Å². The van der Waals surface area contributed by atoms with E-state index >= 15 is 0 Å². The summed E-state index contributed by atoms with van der Waals surface area (Å²) in [6.45, 7) is 5.90. The summed E-state index contributed by atoms with van der Waals surface area (Å²) in [6.07, 6.45) is 3.42. The number of nitrogens with one attached hydrogen (secondary N) is 1.